The highest BCUT2D eigenvalue weighted by molar-refractivity contribution is 5.94. The van der Waals surface area contributed by atoms with Crippen LogP contribution in [0.25, 0.3) is 11.1 Å². The molecule has 22 heavy (non-hydrogen) atoms. The van der Waals surface area contributed by atoms with Gasteiger partial charge in [-0.05, 0) is 29.3 Å². The van der Waals surface area contributed by atoms with E-state index in [0.29, 0.717) is 11.1 Å². The second-order valence-corrected chi connectivity index (χ2v) is 4.33. The zero-order chi connectivity index (χ0) is 16.3. The third kappa shape index (κ3) is 2.88. The zero-order valence-electron chi connectivity index (χ0n) is 11.8. The molecule has 0 radical (unpaired) electrons. The zero-order valence-corrected chi connectivity index (χ0v) is 11.8. The number of methoxy groups -OCH3 is 2. The highest BCUT2D eigenvalue weighted by atomic mass is 19.1. The number of hydrogen-bond acceptors (Lipinski definition) is 5. The molecule has 0 heterocycles. The highest BCUT2D eigenvalue weighted by Gasteiger charge is 2.21. The number of ether oxygens (including phenoxy) is 2. The van der Waals surface area contributed by atoms with Gasteiger partial charge >= 0.3 is 5.97 Å². The van der Waals surface area contributed by atoms with Gasteiger partial charge in [0, 0.05) is 6.07 Å². The maximum atomic E-state index is 13.7. The van der Waals surface area contributed by atoms with Crippen LogP contribution < -0.4 is 4.74 Å². The fourth-order valence-electron chi connectivity index (χ4n) is 1.99. The van der Waals surface area contributed by atoms with Gasteiger partial charge in [-0.2, -0.15) is 0 Å². The molecule has 0 fully saturated rings. The molecule has 0 amide bonds. The lowest BCUT2D eigenvalue weighted by Gasteiger charge is -2.07. The number of nitro benzene ring substituents is 1. The van der Waals surface area contributed by atoms with Crippen LogP contribution in [0.3, 0.4) is 0 Å². The van der Waals surface area contributed by atoms with Crippen LogP contribution in [0.15, 0.2) is 36.4 Å². The summed E-state index contributed by atoms with van der Waals surface area (Å²) in [4.78, 5) is 21.9. The average Bonchev–Trinajstić information content (AvgIpc) is 2.53. The molecule has 0 bridgehead atoms. The Balaban J connectivity index is 2.53. The number of carbonyl (C=O) groups is 1. The van der Waals surface area contributed by atoms with Crippen molar-refractivity contribution in [1.82, 2.24) is 0 Å². The van der Waals surface area contributed by atoms with E-state index >= 15 is 0 Å². The molecular formula is C15H12FNO5. The fraction of sp³-hybridized carbons (Fsp3) is 0.133. The van der Waals surface area contributed by atoms with Crippen molar-refractivity contribution in [2.24, 2.45) is 0 Å². The van der Waals surface area contributed by atoms with Gasteiger partial charge in [-0.15, -0.1) is 0 Å². The summed E-state index contributed by atoms with van der Waals surface area (Å²) in [7, 11) is 2.48. The summed E-state index contributed by atoms with van der Waals surface area (Å²) in [5.41, 5.74) is 0.268. The topological polar surface area (TPSA) is 78.7 Å². The van der Waals surface area contributed by atoms with Crippen LogP contribution in [0.1, 0.15) is 10.4 Å². The summed E-state index contributed by atoms with van der Waals surface area (Å²) >= 11 is 0. The van der Waals surface area contributed by atoms with Crippen molar-refractivity contribution in [3.8, 4) is 16.9 Å². The third-order valence-electron chi connectivity index (χ3n) is 3.08. The van der Waals surface area contributed by atoms with E-state index in [9.17, 15) is 19.3 Å². The van der Waals surface area contributed by atoms with Gasteiger partial charge in [-0.1, -0.05) is 12.1 Å². The lowest BCUT2D eigenvalue weighted by Crippen LogP contribution is -2.05. The van der Waals surface area contributed by atoms with Gasteiger partial charge in [0.1, 0.15) is 5.56 Å². The Morgan fingerprint density at radius 3 is 2.32 bits per heavy atom. The molecule has 0 aliphatic heterocycles. The Morgan fingerprint density at radius 1 is 1.14 bits per heavy atom. The summed E-state index contributed by atoms with van der Waals surface area (Å²) in [5.74, 6) is -1.32. The molecule has 2 aromatic carbocycles. The monoisotopic (exact) mass is 305 g/mol. The minimum absolute atomic E-state index is 0.0735. The van der Waals surface area contributed by atoms with Crippen molar-refractivity contribution >= 4 is 11.7 Å². The molecule has 0 unspecified atom stereocenters. The van der Waals surface area contributed by atoms with E-state index in [0.717, 1.165) is 7.11 Å². The number of benzene rings is 2. The molecule has 0 saturated carbocycles. The number of hydrogen-bond donors (Lipinski definition) is 0. The van der Waals surface area contributed by atoms with Crippen molar-refractivity contribution in [3.05, 3.63) is 57.9 Å². The highest BCUT2D eigenvalue weighted by Crippen LogP contribution is 2.30. The smallest absolute Gasteiger partial charge is 0.344 e. The molecule has 2 rings (SSSR count). The van der Waals surface area contributed by atoms with Crippen LogP contribution in [-0.4, -0.2) is 25.1 Å². The molecule has 0 saturated heterocycles. The molecule has 0 spiro atoms. The molecule has 0 N–H and O–H groups in total. The largest absolute Gasteiger partial charge is 0.494 e. The third-order valence-corrected chi connectivity index (χ3v) is 3.08. The SMILES string of the molecule is COC(=O)c1ccc(-c2ccc(OC)c(F)c2)cc1[N+](=O)[O-]. The van der Waals surface area contributed by atoms with Gasteiger partial charge in [0.2, 0.25) is 0 Å². The second kappa shape index (κ2) is 6.21. The van der Waals surface area contributed by atoms with Gasteiger partial charge in [0.15, 0.2) is 11.6 Å². The van der Waals surface area contributed by atoms with Crippen molar-refractivity contribution < 1.29 is 23.6 Å². The first-order valence-corrected chi connectivity index (χ1v) is 6.18. The molecule has 6 nitrogen and oxygen atoms in total. The summed E-state index contributed by atoms with van der Waals surface area (Å²) in [6.07, 6.45) is 0. The first-order chi connectivity index (χ1) is 10.5. The van der Waals surface area contributed by atoms with Crippen LogP contribution in [0.4, 0.5) is 10.1 Å². The van der Waals surface area contributed by atoms with E-state index in [1.54, 1.807) is 6.07 Å². The second-order valence-electron chi connectivity index (χ2n) is 4.33. The molecule has 7 heteroatoms. The van der Waals surface area contributed by atoms with Gasteiger partial charge in [-0.3, -0.25) is 10.1 Å². The number of nitro groups is 1. The van der Waals surface area contributed by atoms with Crippen molar-refractivity contribution in [2.45, 2.75) is 0 Å². The van der Waals surface area contributed by atoms with Gasteiger partial charge in [0.05, 0.1) is 19.1 Å². The molecule has 0 aliphatic carbocycles. The van der Waals surface area contributed by atoms with E-state index in [2.05, 4.69) is 4.74 Å². The van der Waals surface area contributed by atoms with E-state index in [1.807, 2.05) is 0 Å². The minimum Gasteiger partial charge on any atom is -0.494 e. The number of halogens is 1. The number of carbonyl (C=O) groups excluding carboxylic acids is 1. The Bertz CT molecular complexity index is 745. The lowest BCUT2D eigenvalue weighted by molar-refractivity contribution is -0.385. The van der Waals surface area contributed by atoms with Gasteiger partial charge < -0.3 is 9.47 Å². The summed E-state index contributed by atoms with van der Waals surface area (Å²) in [6.45, 7) is 0. The van der Waals surface area contributed by atoms with E-state index in [1.165, 1.54) is 37.4 Å². The van der Waals surface area contributed by atoms with E-state index in [4.69, 9.17) is 4.74 Å². The summed E-state index contributed by atoms with van der Waals surface area (Å²) in [5, 5.41) is 11.1. The Hall–Kier alpha value is -2.96. The predicted molar refractivity (Wildman–Crippen MR) is 76.4 cm³/mol. The van der Waals surface area contributed by atoms with Crippen LogP contribution >= 0.6 is 0 Å². The number of nitrogens with zero attached hydrogens (tertiary/aromatic N) is 1. The van der Waals surface area contributed by atoms with Crippen molar-refractivity contribution in [3.63, 3.8) is 0 Å². The quantitative estimate of drug-likeness (QED) is 0.492. The van der Waals surface area contributed by atoms with Crippen LogP contribution in [0.5, 0.6) is 5.75 Å². The Labute approximate surface area is 125 Å². The maximum absolute atomic E-state index is 13.7. The Morgan fingerprint density at radius 2 is 1.77 bits per heavy atom. The fourth-order valence-corrected chi connectivity index (χ4v) is 1.99. The molecule has 0 aromatic heterocycles. The molecule has 114 valence electrons. The molecule has 0 aliphatic rings. The van der Waals surface area contributed by atoms with Crippen molar-refractivity contribution in [1.29, 1.82) is 0 Å². The van der Waals surface area contributed by atoms with Crippen LogP contribution in [-0.2, 0) is 4.74 Å². The Kier molecular flexibility index (Phi) is 4.36. The standard InChI is InChI=1S/C15H12FNO5/c1-21-14-6-4-9(7-12(14)16)10-3-5-11(15(18)22-2)13(8-10)17(19)20/h3-8H,1-2H3. The first kappa shape index (κ1) is 15.4. The summed E-state index contributed by atoms with van der Waals surface area (Å²) < 4.78 is 23.0. The van der Waals surface area contributed by atoms with Crippen LogP contribution in [0.2, 0.25) is 0 Å². The molecule has 2 aromatic rings. The normalized spacial score (nSPS) is 10.1. The average molecular weight is 305 g/mol. The molecule has 0 atom stereocenters. The maximum Gasteiger partial charge on any atom is 0.344 e. The predicted octanol–water partition coefficient (Wildman–Crippen LogP) is 3.20. The van der Waals surface area contributed by atoms with Gasteiger partial charge in [0.25, 0.3) is 5.69 Å². The molecular weight excluding hydrogens is 293 g/mol. The van der Waals surface area contributed by atoms with E-state index < -0.39 is 22.4 Å². The number of rotatable bonds is 4. The number of esters is 1. The van der Waals surface area contributed by atoms with Gasteiger partial charge in [-0.25, -0.2) is 9.18 Å². The minimum atomic E-state index is -0.806. The first-order valence-electron chi connectivity index (χ1n) is 6.18. The lowest BCUT2D eigenvalue weighted by atomic mass is 10.0. The van der Waals surface area contributed by atoms with Crippen molar-refractivity contribution in [2.75, 3.05) is 14.2 Å². The van der Waals surface area contributed by atoms with E-state index in [-0.39, 0.29) is 11.3 Å². The summed E-state index contributed by atoms with van der Waals surface area (Å²) in [6, 6.07) is 8.16. The van der Waals surface area contributed by atoms with Crippen LogP contribution in [0, 0.1) is 15.9 Å².